The highest BCUT2D eigenvalue weighted by atomic mass is 16.5. The highest BCUT2D eigenvalue weighted by Gasteiger charge is 2.79. The number of hydrogen-bond acceptors (Lipinski definition) is 6. The van der Waals surface area contributed by atoms with E-state index in [1.807, 2.05) is 91.9 Å². The molecule has 3 aliphatic heterocycles. The Balaban J connectivity index is 1.43. The van der Waals surface area contributed by atoms with E-state index in [0.29, 0.717) is 38.0 Å². The van der Waals surface area contributed by atoms with Gasteiger partial charge in [0.2, 0.25) is 11.8 Å². The SMILES string of the molecule is C=CCN(Cc1ccccc1)C(=O)[C@H]1[C@H]2C(=O)N([C@@H](CO)Cc3ccccc3)C(C(=O)N(CC=C)c3ccc(N(CC)CC)cc3)C23CC[C@]1(C)O3. The molecule has 0 aliphatic carbocycles. The number of ether oxygens (including phenoxy) is 1. The Bertz CT molecular complexity index is 1750. The van der Waals surface area contributed by atoms with Gasteiger partial charge in [0.15, 0.2) is 0 Å². The van der Waals surface area contributed by atoms with Crippen LogP contribution in [0.4, 0.5) is 11.4 Å². The van der Waals surface area contributed by atoms with Crippen molar-refractivity contribution < 1.29 is 24.2 Å². The number of aliphatic hydroxyl groups is 1. The molecule has 3 aliphatic rings. The molecule has 274 valence electrons. The third kappa shape index (κ3) is 6.56. The lowest BCUT2D eigenvalue weighted by Crippen LogP contribution is -2.59. The summed E-state index contributed by atoms with van der Waals surface area (Å²) in [4.78, 5) is 52.4. The first-order valence-electron chi connectivity index (χ1n) is 18.5. The van der Waals surface area contributed by atoms with Crippen molar-refractivity contribution in [2.45, 2.75) is 69.9 Å². The number of carbonyl (C=O) groups is 3. The maximum Gasteiger partial charge on any atom is 0.253 e. The van der Waals surface area contributed by atoms with E-state index in [4.69, 9.17) is 4.74 Å². The number of likely N-dealkylation sites (tertiary alicyclic amines) is 1. The summed E-state index contributed by atoms with van der Waals surface area (Å²) < 4.78 is 7.01. The number of benzene rings is 3. The smallest absolute Gasteiger partial charge is 0.253 e. The van der Waals surface area contributed by atoms with Gasteiger partial charge >= 0.3 is 0 Å². The Morgan fingerprint density at radius 2 is 1.48 bits per heavy atom. The fraction of sp³-hybridized carbons (Fsp3) is 0.419. The molecule has 2 unspecified atom stereocenters. The van der Waals surface area contributed by atoms with Crippen LogP contribution in [0.1, 0.15) is 44.7 Å². The molecular formula is C43H52N4O5. The summed E-state index contributed by atoms with van der Waals surface area (Å²) >= 11 is 0. The largest absolute Gasteiger partial charge is 0.394 e. The quantitative estimate of drug-likeness (QED) is 0.194. The molecule has 2 bridgehead atoms. The van der Waals surface area contributed by atoms with Crippen LogP contribution in [-0.4, -0.2) is 88.7 Å². The third-order valence-electron chi connectivity index (χ3n) is 11.4. The summed E-state index contributed by atoms with van der Waals surface area (Å²) in [5.41, 5.74) is 1.38. The van der Waals surface area contributed by atoms with Crippen LogP contribution in [0.3, 0.4) is 0 Å². The van der Waals surface area contributed by atoms with Crippen LogP contribution in [0.5, 0.6) is 0 Å². The standard InChI is InChI=1S/C43H52N4O5/c1-6-26-45(29-32-18-14-11-15-19-32)39(49)36-37-40(50)47(35(30-48)28-31-16-12-10-13-17-31)38(43(37)25-24-42(36,5)52-43)41(51)46(27-7-2)34-22-20-33(21-23-34)44(8-3)9-4/h6-7,10-23,35-38,48H,1-2,8-9,24-30H2,3-5H3/t35-,36-,37+,38?,42+,43?/m1/s1. The minimum atomic E-state index is -1.26. The van der Waals surface area contributed by atoms with Crippen LogP contribution >= 0.6 is 0 Å². The predicted molar refractivity (Wildman–Crippen MR) is 205 cm³/mol. The average Bonchev–Trinajstić information content (AvgIpc) is 3.74. The monoisotopic (exact) mass is 704 g/mol. The van der Waals surface area contributed by atoms with Crippen molar-refractivity contribution in [1.29, 1.82) is 0 Å². The summed E-state index contributed by atoms with van der Waals surface area (Å²) in [6.07, 6.45) is 4.66. The number of rotatable bonds is 16. The van der Waals surface area contributed by atoms with Gasteiger partial charge in [-0.05, 0) is 75.4 Å². The second kappa shape index (κ2) is 15.5. The zero-order valence-electron chi connectivity index (χ0n) is 30.7. The zero-order valence-corrected chi connectivity index (χ0v) is 30.7. The summed E-state index contributed by atoms with van der Waals surface area (Å²) in [5.74, 6) is -2.57. The van der Waals surface area contributed by atoms with E-state index in [9.17, 15) is 9.90 Å². The Morgan fingerprint density at radius 3 is 2.06 bits per heavy atom. The van der Waals surface area contributed by atoms with Gasteiger partial charge in [-0.15, -0.1) is 13.2 Å². The Hall–Kier alpha value is -4.73. The number of carbonyl (C=O) groups excluding carboxylic acids is 3. The third-order valence-corrected chi connectivity index (χ3v) is 11.4. The zero-order chi connectivity index (χ0) is 37.0. The van der Waals surface area contributed by atoms with E-state index >= 15 is 9.59 Å². The lowest BCUT2D eigenvalue weighted by molar-refractivity contribution is -0.152. The van der Waals surface area contributed by atoms with Gasteiger partial charge in [0.1, 0.15) is 11.6 Å². The summed E-state index contributed by atoms with van der Waals surface area (Å²) in [5, 5.41) is 11.0. The maximum atomic E-state index is 15.3. The summed E-state index contributed by atoms with van der Waals surface area (Å²) in [7, 11) is 0. The second-order valence-electron chi connectivity index (χ2n) is 14.4. The minimum absolute atomic E-state index is 0.197. The van der Waals surface area contributed by atoms with Gasteiger partial charge in [-0.3, -0.25) is 14.4 Å². The molecule has 6 rings (SSSR count). The van der Waals surface area contributed by atoms with Gasteiger partial charge in [0.25, 0.3) is 5.91 Å². The summed E-state index contributed by atoms with van der Waals surface area (Å²) in [6.45, 7) is 16.2. The first kappa shape index (κ1) is 37.0. The van der Waals surface area contributed by atoms with E-state index in [2.05, 4.69) is 31.9 Å². The van der Waals surface area contributed by atoms with Crippen LogP contribution < -0.4 is 9.80 Å². The molecule has 1 spiro atoms. The predicted octanol–water partition coefficient (Wildman–Crippen LogP) is 5.63. The Labute approximate surface area is 308 Å². The van der Waals surface area contributed by atoms with Gasteiger partial charge in [-0.1, -0.05) is 72.8 Å². The van der Waals surface area contributed by atoms with Crippen molar-refractivity contribution in [2.24, 2.45) is 11.8 Å². The molecule has 0 radical (unpaired) electrons. The minimum Gasteiger partial charge on any atom is -0.394 e. The number of anilines is 2. The normalized spacial score (nSPS) is 25.0. The summed E-state index contributed by atoms with van der Waals surface area (Å²) in [6, 6.07) is 25.5. The van der Waals surface area contributed by atoms with Crippen molar-refractivity contribution in [3.63, 3.8) is 0 Å². The Morgan fingerprint density at radius 1 is 0.885 bits per heavy atom. The van der Waals surface area contributed by atoms with Crippen molar-refractivity contribution in [2.75, 3.05) is 42.6 Å². The first-order valence-corrected chi connectivity index (χ1v) is 18.5. The van der Waals surface area contributed by atoms with Crippen molar-refractivity contribution in [3.05, 3.63) is 121 Å². The molecule has 3 saturated heterocycles. The molecule has 1 N–H and O–H groups in total. The van der Waals surface area contributed by atoms with Crippen molar-refractivity contribution >= 4 is 29.1 Å². The van der Waals surface area contributed by atoms with E-state index in [-0.39, 0.29) is 30.9 Å². The van der Waals surface area contributed by atoms with Crippen molar-refractivity contribution in [3.8, 4) is 0 Å². The van der Waals surface area contributed by atoms with Crippen LogP contribution in [0.2, 0.25) is 0 Å². The molecule has 3 aromatic carbocycles. The van der Waals surface area contributed by atoms with Crippen LogP contribution in [0.15, 0.2) is 110 Å². The molecule has 3 heterocycles. The maximum absolute atomic E-state index is 15.3. The molecule has 0 saturated carbocycles. The molecule has 52 heavy (non-hydrogen) atoms. The molecule has 6 atom stereocenters. The van der Waals surface area contributed by atoms with Crippen LogP contribution in [0, 0.1) is 11.8 Å². The van der Waals surface area contributed by atoms with E-state index in [1.54, 1.807) is 26.9 Å². The van der Waals surface area contributed by atoms with Gasteiger partial charge < -0.3 is 29.4 Å². The van der Waals surface area contributed by atoms with Gasteiger partial charge in [-0.2, -0.15) is 0 Å². The van der Waals surface area contributed by atoms with E-state index in [1.165, 1.54) is 0 Å². The number of amides is 3. The molecule has 0 aromatic heterocycles. The fourth-order valence-corrected chi connectivity index (χ4v) is 8.97. The lowest BCUT2D eigenvalue weighted by atomic mass is 9.66. The number of nitrogens with zero attached hydrogens (tertiary/aromatic N) is 4. The average molecular weight is 705 g/mol. The van der Waals surface area contributed by atoms with Gasteiger partial charge in [0.05, 0.1) is 30.1 Å². The molecule has 3 amide bonds. The Kier molecular flexibility index (Phi) is 11.0. The van der Waals surface area contributed by atoms with Crippen LogP contribution in [0.25, 0.3) is 0 Å². The van der Waals surface area contributed by atoms with Crippen LogP contribution in [-0.2, 0) is 32.1 Å². The molecule has 9 heteroatoms. The van der Waals surface area contributed by atoms with Gasteiger partial charge in [-0.25, -0.2) is 0 Å². The highest BCUT2D eigenvalue weighted by molar-refractivity contribution is 6.05. The number of hydrogen-bond donors (Lipinski definition) is 1. The molecule has 3 fully saturated rings. The highest BCUT2D eigenvalue weighted by Crippen LogP contribution is 2.64. The molecule has 9 nitrogen and oxygen atoms in total. The van der Waals surface area contributed by atoms with E-state index in [0.717, 1.165) is 29.9 Å². The molecular weight excluding hydrogens is 652 g/mol. The second-order valence-corrected chi connectivity index (χ2v) is 14.4. The number of aliphatic hydroxyl groups excluding tert-OH is 1. The fourth-order valence-electron chi connectivity index (χ4n) is 8.97. The lowest BCUT2D eigenvalue weighted by Gasteiger charge is -2.39. The van der Waals surface area contributed by atoms with Gasteiger partial charge in [0, 0.05) is 44.1 Å². The van der Waals surface area contributed by atoms with E-state index < -0.39 is 35.1 Å². The van der Waals surface area contributed by atoms with Crippen molar-refractivity contribution in [1.82, 2.24) is 9.80 Å². The number of fused-ring (bicyclic) bond motifs is 1. The first-order chi connectivity index (χ1) is 25.2. The molecule has 3 aromatic rings. The topological polar surface area (TPSA) is 93.6 Å².